The highest BCUT2D eigenvalue weighted by Crippen LogP contribution is 2.18. The number of tetrazole rings is 1. The largest absolute Gasteiger partial charge is 0.494 e. The molecular weight excluding hydrogens is 341 g/mol. The second-order valence-corrected chi connectivity index (χ2v) is 5.44. The number of benzene rings is 1. The third-order valence-electron chi connectivity index (χ3n) is 3.48. The Morgan fingerprint density at radius 3 is 2.81 bits per heavy atom. The molecular formula is C16H16FN7O2. The Kier molecular flexibility index (Phi) is 4.83. The van der Waals surface area contributed by atoms with Crippen LogP contribution in [-0.4, -0.2) is 43.2 Å². The Morgan fingerprint density at radius 2 is 2.12 bits per heavy atom. The van der Waals surface area contributed by atoms with Gasteiger partial charge in [0.15, 0.2) is 11.6 Å². The van der Waals surface area contributed by atoms with Gasteiger partial charge in [-0.05, 0) is 35.9 Å². The molecule has 3 rings (SSSR count). The van der Waals surface area contributed by atoms with E-state index in [2.05, 4.69) is 30.7 Å². The van der Waals surface area contributed by atoms with E-state index < -0.39 is 11.7 Å². The minimum atomic E-state index is -0.463. The van der Waals surface area contributed by atoms with E-state index in [0.717, 1.165) is 0 Å². The van der Waals surface area contributed by atoms with Crippen molar-refractivity contribution in [3.05, 3.63) is 47.2 Å². The third-order valence-corrected chi connectivity index (χ3v) is 3.48. The number of carbonyl (C=O) groups excluding carboxylic acids is 1. The number of ether oxygens (including phenoxy) is 1. The molecule has 1 amide bonds. The molecule has 0 aliphatic rings. The normalized spacial score (nSPS) is 10.6. The van der Waals surface area contributed by atoms with E-state index in [0.29, 0.717) is 22.9 Å². The SMILES string of the molecule is COc1cc(CNC(=O)c2cc(-c3nnn(C)n3)nc(C)n2)ccc1F. The molecule has 0 saturated heterocycles. The molecule has 0 spiro atoms. The summed E-state index contributed by atoms with van der Waals surface area (Å²) < 4.78 is 18.4. The Hall–Kier alpha value is -3.43. The minimum Gasteiger partial charge on any atom is -0.494 e. The van der Waals surface area contributed by atoms with Crippen LogP contribution in [0.15, 0.2) is 24.3 Å². The van der Waals surface area contributed by atoms with Gasteiger partial charge in [-0.3, -0.25) is 4.79 Å². The first kappa shape index (κ1) is 17.4. The van der Waals surface area contributed by atoms with Gasteiger partial charge in [-0.1, -0.05) is 6.07 Å². The monoisotopic (exact) mass is 357 g/mol. The molecule has 1 N–H and O–H groups in total. The molecule has 0 radical (unpaired) electrons. The molecule has 1 aromatic carbocycles. The van der Waals surface area contributed by atoms with Crippen LogP contribution in [0.5, 0.6) is 5.75 Å². The van der Waals surface area contributed by atoms with Crippen molar-refractivity contribution in [2.75, 3.05) is 7.11 Å². The lowest BCUT2D eigenvalue weighted by Crippen LogP contribution is -2.24. The van der Waals surface area contributed by atoms with Gasteiger partial charge in [-0.2, -0.15) is 4.80 Å². The number of hydrogen-bond donors (Lipinski definition) is 1. The van der Waals surface area contributed by atoms with E-state index in [1.54, 1.807) is 20.0 Å². The van der Waals surface area contributed by atoms with Crippen LogP contribution in [0.4, 0.5) is 4.39 Å². The second-order valence-electron chi connectivity index (χ2n) is 5.44. The van der Waals surface area contributed by atoms with Gasteiger partial charge in [0.05, 0.1) is 14.2 Å². The Bertz CT molecular complexity index is 958. The zero-order chi connectivity index (χ0) is 18.7. The molecule has 10 heteroatoms. The summed E-state index contributed by atoms with van der Waals surface area (Å²) in [4.78, 5) is 22.1. The van der Waals surface area contributed by atoms with Crippen LogP contribution in [-0.2, 0) is 13.6 Å². The van der Waals surface area contributed by atoms with Crippen LogP contribution in [0.25, 0.3) is 11.5 Å². The molecule has 2 aromatic heterocycles. The highest BCUT2D eigenvalue weighted by molar-refractivity contribution is 5.93. The fraction of sp³-hybridized carbons (Fsp3) is 0.250. The van der Waals surface area contributed by atoms with Gasteiger partial charge in [-0.25, -0.2) is 14.4 Å². The summed E-state index contributed by atoms with van der Waals surface area (Å²) in [6.45, 7) is 1.86. The number of rotatable bonds is 5. The molecule has 9 nitrogen and oxygen atoms in total. The van der Waals surface area contributed by atoms with Gasteiger partial charge < -0.3 is 10.1 Å². The maximum absolute atomic E-state index is 13.4. The standard InChI is InChI=1S/C16H16FN7O2/c1-9-19-12(15-21-23-24(2)22-15)7-13(20-9)16(25)18-8-10-4-5-11(17)14(6-10)26-3/h4-7H,8H2,1-3H3,(H,18,25). The van der Waals surface area contributed by atoms with Crippen molar-refractivity contribution in [3.8, 4) is 17.3 Å². The summed E-state index contributed by atoms with van der Waals surface area (Å²) >= 11 is 0. The van der Waals surface area contributed by atoms with Gasteiger partial charge in [0.25, 0.3) is 5.91 Å². The molecule has 0 atom stereocenters. The number of carbonyl (C=O) groups is 1. The number of halogens is 1. The van der Waals surface area contributed by atoms with Crippen LogP contribution in [0.2, 0.25) is 0 Å². The zero-order valence-corrected chi connectivity index (χ0v) is 14.4. The maximum Gasteiger partial charge on any atom is 0.270 e. The highest BCUT2D eigenvalue weighted by atomic mass is 19.1. The zero-order valence-electron chi connectivity index (χ0n) is 14.4. The lowest BCUT2D eigenvalue weighted by atomic mass is 10.2. The topological polar surface area (TPSA) is 108 Å². The first-order chi connectivity index (χ1) is 12.5. The Balaban J connectivity index is 1.76. The van der Waals surface area contributed by atoms with Crippen molar-refractivity contribution in [1.29, 1.82) is 0 Å². The quantitative estimate of drug-likeness (QED) is 0.727. The summed E-state index contributed by atoms with van der Waals surface area (Å²) in [5.41, 5.74) is 1.27. The summed E-state index contributed by atoms with van der Waals surface area (Å²) in [5.74, 6) is -0.0384. The van der Waals surface area contributed by atoms with E-state index in [-0.39, 0.29) is 18.0 Å². The summed E-state index contributed by atoms with van der Waals surface area (Å²) in [6.07, 6.45) is 0. The average molecular weight is 357 g/mol. The van der Waals surface area contributed by atoms with Crippen molar-refractivity contribution < 1.29 is 13.9 Å². The molecule has 26 heavy (non-hydrogen) atoms. The van der Waals surface area contributed by atoms with Crippen molar-refractivity contribution in [2.24, 2.45) is 7.05 Å². The Morgan fingerprint density at radius 1 is 1.31 bits per heavy atom. The lowest BCUT2D eigenvalue weighted by molar-refractivity contribution is 0.0945. The Labute approximate surface area is 148 Å². The van der Waals surface area contributed by atoms with Crippen molar-refractivity contribution in [1.82, 2.24) is 35.5 Å². The van der Waals surface area contributed by atoms with E-state index >= 15 is 0 Å². The first-order valence-electron chi connectivity index (χ1n) is 7.67. The van der Waals surface area contributed by atoms with E-state index in [1.807, 2.05) is 0 Å². The van der Waals surface area contributed by atoms with Gasteiger partial charge in [0, 0.05) is 6.54 Å². The van der Waals surface area contributed by atoms with Crippen molar-refractivity contribution >= 4 is 5.91 Å². The van der Waals surface area contributed by atoms with Gasteiger partial charge in [0.2, 0.25) is 5.82 Å². The summed E-state index contributed by atoms with van der Waals surface area (Å²) in [5, 5.41) is 14.4. The number of amides is 1. The van der Waals surface area contributed by atoms with Gasteiger partial charge in [-0.15, -0.1) is 10.2 Å². The number of nitrogens with zero attached hydrogens (tertiary/aromatic N) is 6. The van der Waals surface area contributed by atoms with Crippen molar-refractivity contribution in [2.45, 2.75) is 13.5 Å². The predicted molar refractivity (Wildman–Crippen MR) is 88.7 cm³/mol. The fourth-order valence-corrected chi connectivity index (χ4v) is 2.27. The molecule has 0 saturated carbocycles. The summed E-state index contributed by atoms with van der Waals surface area (Å²) in [6, 6.07) is 5.87. The molecule has 0 aliphatic carbocycles. The van der Waals surface area contributed by atoms with Crippen LogP contribution in [0.3, 0.4) is 0 Å². The number of hydrogen-bond acceptors (Lipinski definition) is 7. The second kappa shape index (κ2) is 7.21. The van der Waals surface area contributed by atoms with E-state index in [4.69, 9.17) is 4.74 Å². The highest BCUT2D eigenvalue weighted by Gasteiger charge is 2.14. The first-order valence-corrected chi connectivity index (χ1v) is 7.67. The lowest BCUT2D eigenvalue weighted by Gasteiger charge is -2.08. The molecule has 3 aromatic rings. The number of aryl methyl sites for hydroxylation is 2. The number of aromatic nitrogens is 6. The molecule has 0 unspecified atom stereocenters. The predicted octanol–water partition coefficient (Wildman–Crippen LogP) is 1.05. The smallest absolute Gasteiger partial charge is 0.270 e. The van der Waals surface area contributed by atoms with E-state index in [1.165, 1.54) is 30.1 Å². The number of nitrogens with one attached hydrogen (secondary N) is 1. The van der Waals surface area contributed by atoms with Crippen LogP contribution in [0, 0.1) is 12.7 Å². The van der Waals surface area contributed by atoms with Gasteiger partial charge >= 0.3 is 0 Å². The number of methoxy groups -OCH3 is 1. The molecule has 134 valence electrons. The van der Waals surface area contributed by atoms with E-state index in [9.17, 15) is 9.18 Å². The maximum atomic E-state index is 13.4. The minimum absolute atomic E-state index is 0.116. The van der Waals surface area contributed by atoms with Crippen LogP contribution < -0.4 is 10.1 Å². The molecule has 0 aliphatic heterocycles. The summed E-state index contributed by atoms with van der Waals surface area (Å²) in [7, 11) is 3.02. The fourth-order valence-electron chi connectivity index (χ4n) is 2.27. The van der Waals surface area contributed by atoms with Gasteiger partial charge in [0.1, 0.15) is 17.2 Å². The molecule has 0 bridgehead atoms. The molecule has 2 heterocycles. The third kappa shape index (κ3) is 3.79. The molecule has 0 fully saturated rings. The van der Waals surface area contributed by atoms with Crippen LogP contribution in [0.1, 0.15) is 21.9 Å². The van der Waals surface area contributed by atoms with Crippen LogP contribution >= 0.6 is 0 Å². The average Bonchev–Trinajstić information content (AvgIpc) is 3.06. The van der Waals surface area contributed by atoms with Crippen molar-refractivity contribution in [3.63, 3.8) is 0 Å².